The van der Waals surface area contributed by atoms with Crippen LogP contribution in [0, 0.1) is 19.3 Å². The van der Waals surface area contributed by atoms with Crippen molar-refractivity contribution >= 4 is 23.2 Å². The molecule has 2 amide bonds. The summed E-state index contributed by atoms with van der Waals surface area (Å²) < 4.78 is 0. The van der Waals surface area contributed by atoms with Crippen molar-refractivity contribution in [2.45, 2.75) is 54.1 Å². The van der Waals surface area contributed by atoms with Crippen molar-refractivity contribution < 1.29 is 9.59 Å². The highest BCUT2D eigenvalue weighted by Crippen LogP contribution is 2.39. The molecule has 3 heterocycles. The Bertz CT molecular complexity index is 1300. The summed E-state index contributed by atoms with van der Waals surface area (Å²) in [6.07, 6.45) is 4.53. The Balaban J connectivity index is 1.65. The van der Waals surface area contributed by atoms with Crippen LogP contribution in [0.1, 0.15) is 48.8 Å². The van der Waals surface area contributed by atoms with Gasteiger partial charge in [-0.2, -0.15) is 0 Å². The maximum Gasteiger partial charge on any atom is 0.242 e. The van der Waals surface area contributed by atoms with Gasteiger partial charge in [-0.05, 0) is 82.0 Å². The van der Waals surface area contributed by atoms with E-state index in [2.05, 4.69) is 39.1 Å². The van der Waals surface area contributed by atoms with Gasteiger partial charge in [0.1, 0.15) is 5.41 Å². The maximum atomic E-state index is 13.3. The Morgan fingerprint density at radius 1 is 0.865 bits per heavy atom. The first-order valence-electron chi connectivity index (χ1n) is 12.9. The first kappa shape index (κ1) is 26.5. The highest BCUT2D eigenvalue weighted by molar-refractivity contribution is 6.19. The first-order valence-corrected chi connectivity index (χ1v) is 12.9. The zero-order valence-corrected chi connectivity index (χ0v) is 22.8. The van der Waals surface area contributed by atoms with Gasteiger partial charge in [0.2, 0.25) is 11.8 Å². The van der Waals surface area contributed by atoms with E-state index in [0.29, 0.717) is 13.1 Å². The number of amides is 2. The summed E-state index contributed by atoms with van der Waals surface area (Å²) in [6, 6.07) is 14.3. The van der Waals surface area contributed by atoms with Crippen molar-refractivity contribution in [3.63, 3.8) is 0 Å². The van der Waals surface area contributed by atoms with Crippen molar-refractivity contribution in [2.75, 3.05) is 29.9 Å². The third-order valence-corrected chi connectivity index (χ3v) is 7.36. The predicted molar refractivity (Wildman–Crippen MR) is 147 cm³/mol. The summed E-state index contributed by atoms with van der Waals surface area (Å²) in [5, 5.41) is 0. The molecule has 194 valence electrons. The van der Waals surface area contributed by atoms with Gasteiger partial charge < -0.3 is 9.80 Å². The summed E-state index contributed by atoms with van der Waals surface area (Å²) in [5.41, 5.74) is 6.02. The van der Waals surface area contributed by atoms with Crippen LogP contribution in [0.4, 0.5) is 11.4 Å². The SMILES string of the molecule is CCN1C(=O)C(C)(C)C(=O)N(C)c2cc(CN(CCc3cccnc3C)Cc3cccnc3C)ccc21. The molecule has 0 saturated carbocycles. The molecule has 0 bridgehead atoms. The standard InChI is InChI=1S/C30H37N5O2/c1-7-35-26-13-12-23(18-27(26)33(6)28(36)30(4,5)29(35)37)19-34(20-25-11-9-16-32-22(25)3)17-14-24-10-8-15-31-21(24)2/h8-13,15-16,18H,7,14,17,19-20H2,1-6H3. The average molecular weight is 500 g/mol. The van der Waals surface area contributed by atoms with Crippen molar-refractivity contribution in [1.29, 1.82) is 0 Å². The molecule has 37 heavy (non-hydrogen) atoms. The number of rotatable bonds is 8. The Hall–Kier alpha value is -3.58. The van der Waals surface area contributed by atoms with Crippen LogP contribution in [0.3, 0.4) is 0 Å². The topological polar surface area (TPSA) is 69.6 Å². The normalized spacial score (nSPS) is 15.2. The van der Waals surface area contributed by atoms with Crippen LogP contribution in [-0.4, -0.2) is 46.8 Å². The van der Waals surface area contributed by atoms with Gasteiger partial charge in [0.25, 0.3) is 0 Å². The number of aryl methyl sites for hydroxylation is 2. The fourth-order valence-corrected chi connectivity index (χ4v) is 5.00. The number of hydrogen-bond acceptors (Lipinski definition) is 5. The lowest BCUT2D eigenvalue weighted by Crippen LogP contribution is -2.47. The fourth-order valence-electron chi connectivity index (χ4n) is 5.00. The van der Waals surface area contributed by atoms with Crippen LogP contribution >= 0.6 is 0 Å². The number of fused-ring (bicyclic) bond motifs is 1. The predicted octanol–water partition coefficient (Wildman–Crippen LogP) is 4.69. The van der Waals surface area contributed by atoms with Crippen LogP contribution in [0.25, 0.3) is 0 Å². The van der Waals surface area contributed by atoms with Gasteiger partial charge in [-0.25, -0.2) is 0 Å². The molecule has 0 saturated heterocycles. The summed E-state index contributed by atoms with van der Waals surface area (Å²) in [7, 11) is 1.76. The monoisotopic (exact) mass is 499 g/mol. The molecule has 4 rings (SSSR count). The van der Waals surface area contributed by atoms with Crippen LogP contribution < -0.4 is 9.80 Å². The second kappa shape index (κ2) is 10.8. The number of anilines is 2. The fraction of sp³-hybridized carbons (Fsp3) is 0.400. The van der Waals surface area contributed by atoms with E-state index >= 15 is 0 Å². The molecular formula is C30H37N5O2. The molecule has 0 atom stereocenters. The number of aromatic nitrogens is 2. The summed E-state index contributed by atoms with van der Waals surface area (Å²) >= 11 is 0. The van der Waals surface area contributed by atoms with E-state index in [1.165, 1.54) is 11.1 Å². The van der Waals surface area contributed by atoms with E-state index in [1.54, 1.807) is 30.7 Å². The highest BCUT2D eigenvalue weighted by Gasteiger charge is 2.45. The second-order valence-corrected chi connectivity index (χ2v) is 10.3. The summed E-state index contributed by atoms with van der Waals surface area (Å²) in [6.45, 7) is 12.3. The van der Waals surface area contributed by atoms with E-state index in [0.717, 1.165) is 47.8 Å². The smallest absolute Gasteiger partial charge is 0.242 e. The van der Waals surface area contributed by atoms with Gasteiger partial charge in [0.15, 0.2) is 0 Å². The van der Waals surface area contributed by atoms with E-state index in [-0.39, 0.29) is 11.8 Å². The Labute approximate surface area is 220 Å². The lowest BCUT2D eigenvalue weighted by Gasteiger charge is -2.27. The minimum atomic E-state index is -1.12. The molecule has 7 nitrogen and oxygen atoms in total. The number of carbonyl (C=O) groups is 2. The van der Waals surface area contributed by atoms with Crippen molar-refractivity contribution in [1.82, 2.24) is 14.9 Å². The van der Waals surface area contributed by atoms with Crippen LogP contribution in [0.15, 0.2) is 54.9 Å². The number of hydrogen-bond donors (Lipinski definition) is 0. The van der Waals surface area contributed by atoms with Crippen LogP contribution in [0.5, 0.6) is 0 Å². The van der Waals surface area contributed by atoms with Crippen molar-refractivity contribution in [2.24, 2.45) is 5.41 Å². The molecule has 1 aliphatic heterocycles. The number of carbonyl (C=O) groups excluding carboxylic acids is 2. The lowest BCUT2D eigenvalue weighted by molar-refractivity contribution is -0.137. The van der Waals surface area contributed by atoms with E-state index in [9.17, 15) is 9.59 Å². The molecule has 0 fully saturated rings. The number of nitrogens with zero attached hydrogens (tertiary/aromatic N) is 5. The third kappa shape index (κ3) is 5.42. The van der Waals surface area contributed by atoms with Crippen LogP contribution in [0.2, 0.25) is 0 Å². The molecule has 0 radical (unpaired) electrons. The molecule has 0 unspecified atom stereocenters. The van der Waals surface area contributed by atoms with Gasteiger partial charge in [-0.1, -0.05) is 18.2 Å². The molecule has 3 aromatic rings. The van der Waals surface area contributed by atoms with Crippen molar-refractivity contribution in [3.8, 4) is 0 Å². The highest BCUT2D eigenvalue weighted by atomic mass is 16.2. The number of pyridine rings is 2. The van der Waals surface area contributed by atoms with E-state index in [1.807, 2.05) is 51.4 Å². The first-order chi connectivity index (χ1) is 17.6. The molecule has 2 aromatic heterocycles. The molecule has 0 spiro atoms. The van der Waals surface area contributed by atoms with Gasteiger partial charge in [0, 0.05) is 57.0 Å². The largest absolute Gasteiger partial charge is 0.313 e. The molecule has 7 heteroatoms. The summed E-state index contributed by atoms with van der Waals surface area (Å²) in [5.74, 6) is -0.361. The Morgan fingerprint density at radius 3 is 2.14 bits per heavy atom. The molecular weight excluding hydrogens is 462 g/mol. The minimum Gasteiger partial charge on any atom is -0.313 e. The second-order valence-electron chi connectivity index (χ2n) is 10.3. The van der Waals surface area contributed by atoms with Crippen LogP contribution in [-0.2, 0) is 29.1 Å². The van der Waals surface area contributed by atoms with Gasteiger partial charge in [-0.3, -0.25) is 24.5 Å². The molecule has 0 N–H and O–H groups in total. The van der Waals surface area contributed by atoms with Gasteiger partial charge in [0.05, 0.1) is 11.4 Å². The number of benzene rings is 1. The van der Waals surface area contributed by atoms with Gasteiger partial charge in [-0.15, -0.1) is 0 Å². The van der Waals surface area contributed by atoms with Gasteiger partial charge >= 0.3 is 0 Å². The van der Waals surface area contributed by atoms with E-state index < -0.39 is 5.41 Å². The molecule has 1 aromatic carbocycles. The van der Waals surface area contributed by atoms with Crippen molar-refractivity contribution in [3.05, 3.63) is 82.9 Å². The summed E-state index contributed by atoms with van der Waals surface area (Å²) in [4.78, 5) is 41.2. The molecule has 0 aliphatic carbocycles. The molecule has 1 aliphatic rings. The van der Waals surface area contributed by atoms with E-state index in [4.69, 9.17) is 0 Å². The minimum absolute atomic E-state index is 0.168. The zero-order valence-electron chi connectivity index (χ0n) is 22.8. The Kier molecular flexibility index (Phi) is 7.73. The third-order valence-electron chi connectivity index (χ3n) is 7.36. The average Bonchev–Trinajstić information content (AvgIpc) is 2.93. The quantitative estimate of drug-likeness (QED) is 0.421. The maximum absolute atomic E-state index is 13.3. The Morgan fingerprint density at radius 2 is 1.51 bits per heavy atom. The lowest BCUT2D eigenvalue weighted by atomic mass is 9.90. The zero-order chi connectivity index (χ0) is 26.7.